The fourth-order valence-electron chi connectivity index (χ4n) is 5.16. The zero-order valence-electron chi connectivity index (χ0n) is 21.9. The van der Waals surface area contributed by atoms with Gasteiger partial charge in [0.15, 0.2) is 17.3 Å². The first-order chi connectivity index (χ1) is 17.8. The largest absolute Gasteiger partial charge is 0.493 e. The molecule has 0 radical (unpaired) electrons. The van der Waals surface area contributed by atoms with Crippen LogP contribution < -0.4 is 25.2 Å². The number of ketones is 1. The number of rotatable bonds is 6. The maximum Gasteiger partial charge on any atom is 0.338 e. The molecule has 202 valence electrons. The summed E-state index contributed by atoms with van der Waals surface area (Å²) >= 11 is 0. The Balaban J connectivity index is 2.02. The number of carbonyl (C=O) groups is 2. The van der Waals surface area contributed by atoms with E-state index in [2.05, 4.69) is 0 Å². The Labute approximate surface area is 221 Å². The van der Waals surface area contributed by atoms with Gasteiger partial charge in [0, 0.05) is 23.4 Å². The summed E-state index contributed by atoms with van der Waals surface area (Å²) in [4.78, 5) is 28.6. The molecule has 4 rings (SSSR count). The summed E-state index contributed by atoms with van der Waals surface area (Å²) in [6.45, 7) is 3.97. The van der Waals surface area contributed by atoms with E-state index < -0.39 is 21.9 Å². The van der Waals surface area contributed by atoms with Crippen LogP contribution in [0.5, 0.6) is 11.5 Å². The first kappa shape index (κ1) is 27.2. The summed E-state index contributed by atoms with van der Waals surface area (Å²) in [5.74, 6) is -0.649. The van der Waals surface area contributed by atoms with Crippen molar-refractivity contribution in [2.24, 2.45) is 16.3 Å². The second-order valence-corrected chi connectivity index (χ2v) is 11.6. The van der Waals surface area contributed by atoms with E-state index in [-0.39, 0.29) is 33.9 Å². The summed E-state index contributed by atoms with van der Waals surface area (Å²) in [5.41, 5.74) is 8.53. The van der Waals surface area contributed by atoms with E-state index in [1.54, 1.807) is 23.1 Å². The lowest BCUT2D eigenvalue weighted by molar-refractivity contribution is -0.136. The molecule has 0 aromatic heterocycles. The molecule has 0 bridgehead atoms. The number of anilines is 1. The van der Waals surface area contributed by atoms with Gasteiger partial charge in [-0.25, -0.2) is 18.4 Å². The highest BCUT2D eigenvalue weighted by Gasteiger charge is 2.46. The number of allylic oxidation sites excluding steroid dienone is 2. The van der Waals surface area contributed by atoms with Crippen molar-refractivity contribution in [2.75, 3.05) is 26.2 Å². The van der Waals surface area contributed by atoms with Gasteiger partial charge in [-0.3, -0.25) is 9.69 Å². The molecule has 1 aliphatic heterocycles. The van der Waals surface area contributed by atoms with Crippen molar-refractivity contribution in [2.45, 2.75) is 37.5 Å². The zero-order valence-corrected chi connectivity index (χ0v) is 22.7. The number of nitrogens with two attached hydrogens (primary N) is 2. The van der Waals surface area contributed by atoms with Crippen LogP contribution in [0, 0.1) is 5.41 Å². The van der Waals surface area contributed by atoms with Crippen LogP contribution >= 0.6 is 0 Å². The van der Waals surface area contributed by atoms with Crippen molar-refractivity contribution in [3.63, 3.8) is 0 Å². The molecule has 2 aromatic rings. The molecule has 4 N–H and O–H groups in total. The van der Waals surface area contributed by atoms with Crippen molar-refractivity contribution < 1.29 is 32.2 Å². The maximum atomic E-state index is 13.8. The lowest BCUT2D eigenvalue weighted by Gasteiger charge is -2.44. The monoisotopic (exact) mass is 541 g/mol. The molecule has 1 atom stereocenters. The second kappa shape index (κ2) is 9.80. The van der Waals surface area contributed by atoms with Crippen molar-refractivity contribution in [1.82, 2.24) is 0 Å². The average Bonchev–Trinajstić information content (AvgIpc) is 2.86. The van der Waals surface area contributed by atoms with E-state index in [9.17, 15) is 18.0 Å². The number of ether oxygens (including phenoxy) is 3. The van der Waals surface area contributed by atoms with Gasteiger partial charge in [-0.1, -0.05) is 19.9 Å². The van der Waals surface area contributed by atoms with E-state index in [4.69, 9.17) is 25.1 Å². The Morgan fingerprint density at radius 3 is 2.18 bits per heavy atom. The number of methoxy groups -OCH3 is 3. The van der Waals surface area contributed by atoms with Gasteiger partial charge in [0.1, 0.15) is 5.82 Å². The van der Waals surface area contributed by atoms with E-state index in [0.29, 0.717) is 40.4 Å². The van der Waals surface area contributed by atoms with Crippen LogP contribution in [0.2, 0.25) is 0 Å². The van der Waals surface area contributed by atoms with E-state index in [0.717, 1.165) is 0 Å². The topological polar surface area (TPSA) is 151 Å². The van der Waals surface area contributed by atoms with Gasteiger partial charge in [-0.05, 0) is 53.8 Å². The van der Waals surface area contributed by atoms with Crippen LogP contribution in [0.3, 0.4) is 0 Å². The standard InChI is InChI=1S/C27H31N3O7S/c1-27(2)13-18-23(19(31)14-27)22(15-6-11-20(35-3)21(12-15)36-4)24(26(32)37-5)25(28)30(18)16-7-9-17(10-8-16)38(29,33)34/h6-12,22H,13-14,28H2,1-5H3,(H2,29,33,34)/t22-/m0/s1. The van der Waals surface area contributed by atoms with Gasteiger partial charge in [0.05, 0.1) is 37.7 Å². The molecule has 1 aliphatic carbocycles. The lowest BCUT2D eigenvalue weighted by atomic mass is 9.68. The van der Waals surface area contributed by atoms with Crippen LogP contribution in [0.25, 0.3) is 0 Å². The molecule has 2 aliphatic rings. The minimum absolute atomic E-state index is 0.0734. The molecule has 0 spiro atoms. The molecule has 0 saturated carbocycles. The second-order valence-electron chi connectivity index (χ2n) is 10.0. The third kappa shape index (κ3) is 4.74. The third-order valence-corrected chi connectivity index (χ3v) is 7.76. The van der Waals surface area contributed by atoms with Crippen LogP contribution in [0.1, 0.15) is 38.2 Å². The van der Waals surface area contributed by atoms with E-state index in [1.165, 1.54) is 45.6 Å². The number of hydrogen-bond acceptors (Lipinski definition) is 9. The van der Waals surface area contributed by atoms with E-state index >= 15 is 0 Å². The minimum atomic E-state index is -3.92. The molecule has 1 heterocycles. The number of Topliss-reactive ketones (excluding diaryl/α,β-unsaturated/α-hetero) is 1. The highest BCUT2D eigenvalue weighted by atomic mass is 32.2. The van der Waals surface area contributed by atoms with Crippen LogP contribution in [-0.2, 0) is 24.3 Å². The smallest absolute Gasteiger partial charge is 0.338 e. The number of nitrogens with zero attached hydrogens (tertiary/aromatic N) is 1. The average molecular weight is 542 g/mol. The highest BCUT2D eigenvalue weighted by molar-refractivity contribution is 7.89. The first-order valence-electron chi connectivity index (χ1n) is 11.8. The lowest BCUT2D eigenvalue weighted by Crippen LogP contribution is -2.43. The quantitative estimate of drug-likeness (QED) is 0.526. The molecule has 0 saturated heterocycles. The summed E-state index contributed by atoms with van der Waals surface area (Å²) < 4.78 is 39.6. The van der Waals surface area contributed by atoms with Gasteiger partial charge < -0.3 is 19.9 Å². The molecule has 38 heavy (non-hydrogen) atoms. The Morgan fingerprint density at radius 1 is 1.00 bits per heavy atom. The normalized spacial score (nSPS) is 19.3. The van der Waals surface area contributed by atoms with Gasteiger partial charge >= 0.3 is 5.97 Å². The predicted molar refractivity (Wildman–Crippen MR) is 141 cm³/mol. The van der Waals surface area contributed by atoms with Gasteiger partial charge in [0.25, 0.3) is 0 Å². The Bertz CT molecular complexity index is 1470. The summed E-state index contributed by atoms with van der Waals surface area (Å²) in [5, 5.41) is 5.27. The Morgan fingerprint density at radius 2 is 1.63 bits per heavy atom. The van der Waals surface area contributed by atoms with Gasteiger partial charge in [-0.15, -0.1) is 0 Å². The molecule has 11 heteroatoms. The van der Waals surface area contributed by atoms with E-state index in [1.807, 2.05) is 13.8 Å². The van der Waals surface area contributed by atoms with Crippen molar-refractivity contribution in [3.05, 3.63) is 70.7 Å². The summed E-state index contributed by atoms with van der Waals surface area (Å²) in [6.07, 6.45) is 0.742. The molecule has 0 fully saturated rings. The van der Waals surface area contributed by atoms with Gasteiger partial charge in [-0.2, -0.15) is 0 Å². The fourth-order valence-corrected chi connectivity index (χ4v) is 5.68. The number of esters is 1. The number of carbonyl (C=O) groups excluding carboxylic acids is 2. The Kier molecular flexibility index (Phi) is 7.02. The first-order valence-corrected chi connectivity index (χ1v) is 13.4. The number of benzene rings is 2. The number of hydrogen-bond donors (Lipinski definition) is 2. The van der Waals surface area contributed by atoms with Gasteiger partial charge in [0.2, 0.25) is 10.0 Å². The van der Waals surface area contributed by atoms with Crippen molar-refractivity contribution in [3.8, 4) is 11.5 Å². The SMILES string of the molecule is COC(=O)C1=C(N)N(c2ccc(S(N)(=O)=O)cc2)C2=C(C(=O)CC(C)(C)C2)[C@@H]1c1ccc(OC)c(OC)c1. The van der Waals surface area contributed by atoms with Crippen molar-refractivity contribution in [1.29, 1.82) is 0 Å². The molecule has 2 aromatic carbocycles. The number of primary sulfonamides is 1. The summed E-state index contributed by atoms with van der Waals surface area (Å²) in [7, 11) is 0.337. The third-order valence-electron chi connectivity index (χ3n) is 6.83. The maximum absolute atomic E-state index is 13.8. The molecular formula is C27H31N3O7S. The fraction of sp³-hybridized carbons (Fsp3) is 0.333. The molecule has 0 unspecified atom stereocenters. The van der Waals surface area contributed by atoms with Crippen LogP contribution in [0.4, 0.5) is 5.69 Å². The minimum Gasteiger partial charge on any atom is -0.493 e. The summed E-state index contributed by atoms with van der Waals surface area (Å²) in [6, 6.07) is 11.0. The zero-order chi connectivity index (χ0) is 28.0. The molecule has 0 amide bonds. The van der Waals surface area contributed by atoms with Crippen molar-refractivity contribution >= 4 is 27.5 Å². The molecule has 10 nitrogen and oxygen atoms in total. The van der Waals surface area contributed by atoms with Crippen LogP contribution in [0.15, 0.2) is 70.0 Å². The highest BCUT2D eigenvalue weighted by Crippen LogP contribution is 2.51. The number of sulfonamides is 1. The molecular weight excluding hydrogens is 510 g/mol. The predicted octanol–water partition coefficient (Wildman–Crippen LogP) is 2.94. The van der Waals surface area contributed by atoms with Crippen LogP contribution in [-0.4, -0.2) is 41.5 Å². The Hall–Kier alpha value is -3.83.